The third kappa shape index (κ3) is 5.47. The van der Waals surface area contributed by atoms with Gasteiger partial charge in [0, 0.05) is 6.54 Å². The highest BCUT2D eigenvalue weighted by molar-refractivity contribution is 5.78. The van der Waals surface area contributed by atoms with Crippen LogP contribution in [-0.4, -0.2) is 12.5 Å². The van der Waals surface area contributed by atoms with E-state index in [9.17, 15) is 4.79 Å². The Bertz CT molecular complexity index is 157. The van der Waals surface area contributed by atoms with Crippen molar-refractivity contribution in [3.8, 4) is 12.3 Å². The van der Waals surface area contributed by atoms with Crippen LogP contribution < -0.4 is 5.32 Å². The summed E-state index contributed by atoms with van der Waals surface area (Å²) in [4.78, 5) is 10.8. The van der Waals surface area contributed by atoms with Crippen LogP contribution in [0.2, 0.25) is 0 Å². The zero-order chi connectivity index (χ0) is 8.69. The molecule has 0 aromatic rings. The van der Waals surface area contributed by atoms with Gasteiger partial charge in [-0.15, -0.1) is 6.42 Å². The molecule has 1 atom stereocenters. The van der Waals surface area contributed by atoms with Crippen molar-refractivity contribution in [1.29, 1.82) is 0 Å². The van der Waals surface area contributed by atoms with Crippen LogP contribution in [0.25, 0.3) is 0 Å². The predicted octanol–water partition coefficient (Wildman–Crippen LogP) is 1.17. The summed E-state index contributed by atoms with van der Waals surface area (Å²) in [5, 5.41) is 2.75. The van der Waals surface area contributed by atoms with Gasteiger partial charge in [-0.3, -0.25) is 4.79 Å². The molecule has 0 rings (SSSR count). The van der Waals surface area contributed by atoms with Gasteiger partial charge in [-0.2, -0.15) is 0 Å². The molecule has 0 aromatic heterocycles. The summed E-state index contributed by atoms with van der Waals surface area (Å²) in [5.41, 5.74) is 0. The summed E-state index contributed by atoms with van der Waals surface area (Å²) < 4.78 is 0. The van der Waals surface area contributed by atoms with Crippen LogP contribution in [0, 0.1) is 18.3 Å². The second-order valence-corrected chi connectivity index (χ2v) is 2.70. The summed E-state index contributed by atoms with van der Waals surface area (Å²) >= 11 is 0. The molecule has 0 saturated carbocycles. The quantitative estimate of drug-likeness (QED) is 0.603. The molecule has 0 bridgehead atoms. The van der Waals surface area contributed by atoms with Gasteiger partial charge < -0.3 is 5.32 Å². The first-order valence-electron chi connectivity index (χ1n) is 3.90. The first kappa shape index (κ1) is 10.0. The number of rotatable bonds is 4. The maximum atomic E-state index is 10.8. The predicted molar refractivity (Wildman–Crippen MR) is 45.9 cm³/mol. The molecule has 0 radical (unpaired) electrons. The van der Waals surface area contributed by atoms with E-state index < -0.39 is 0 Å². The zero-order valence-electron chi connectivity index (χ0n) is 7.18. The lowest BCUT2D eigenvalue weighted by molar-refractivity contribution is -0.120. The van der Waals surface area contributed by atoms with Crippen LogP contribution >= 0.6 is 0 Å². The molecule has 2 nitrogen and oxygen atoms in total. The monoisotopic (exact) mass is 153 g/mol. The first-order valence-corrected chi connectivity index (χ1v) is 3.90. The van der Waals surface area contributed by atoms with E-state index in [4.69, 9.17) is 6.42 Å². The Kier molecular flexibility index (Phi) is 5.28. The Morgan fingerprint density at radius 2 is 2.36 bits per heavy atom. The minimum atomic E-state index is -0.0483. The van der Waals surface area contributed by atoms with Crippen LogP contribution in [0.4, 0.5) is 0 Å². The fraction of sp³-hybridized carbons (Fsp3) is 0.667. The van der Waals surface area contributed by atoms with Crippen molar-refractivity contribution < 1.29 is 4.79 Å². The van der Waals surface area contributed by atoms with E-state index in [-0.39, 0.29) is 12.3 Å². The Hall–Kier alpha value is -0.970. The Balaban J connectivity index is 3.39. The number of carbonyl (C=O) groups excluding carboxylic acids is 1. The van der Waals surface area contributed by atoms with E-state index in [0.717, 1.165) is 13.0 Å². The molecule has 0 saturated heterocycles. The van der Waals surface area contributed by atoms with Gasteiger partial charge in [-0.05, 0) is 5.92 Å². The summed E-state index contributed by atoms with van der Waals surface area (Å²) in [7, 11) is 0. The van der Waals surface area contributed by atoms with Crippen molar-refractivity contribution in [1.82, 2.24) is 5.32 Å². The molecule has 0 spiro atoms. The SMILES string of the molecule is C#CCC(=O)NC[C@H](C)CC. The molecule has 2 heteroatoms. The number of terminal acetylenes is 1. The second kappa shape index (κ2) is 5.79. The summed E-state index contributed by atoms with van der Waals surface area (Å²) in [5.74, 6) is 2.79. The molecular formula is C9H15NO. The number of amides is 1. The molecule has 0 aromatic carbocycles. The normalized spacial score (nSPS) is 11.7. The van der Waals surface area contributed by atoms with Gasteiger partial charge in [-0.25, -0.2) is 0 Å². The topological polar surface area (TPSA) is 29.1 Å². The molecule has 0 heterocycles. The maximum absolute atomic E-state index is 10.8. The number of hydrogen-bond acceptors (Lipinski definition) is 1. The molecule has 0 aliphatic rings. The van der Waals surface area contributed by atoms with Crippen LogP contribution in [0.5, 0.6) is 0 Å². The fourth-order valence-electron chi connectivity index (χ4n) is 0.588. The van der Waals surface area contributed by atoms with E-state index in [1.54, 1.807) is 0 Å². The molecule has 11 heavy (non-hydrogen) atoms. The van der Waals surface area contributed by atoms with Crippen molar-refractivity contribution in [2.45, 2.75) is 26.7 Å². The van der Waals surface area contributed by atoms with Gasteiger partial charge >= 0.3 is 0 Å². The smallest absolute Gasteiger partial charge is 0.232 e. The Labute approximate surface area is 68.4 Å². The lowest BCUT2D eigenvalue weighted by Gasteiger charge is -2.08. The highest BCUT2D eigenvalue weighted by Crippen LogP contribution is 1.96. The van der Waals surface area contributed by atoms with Gasteiger partial charge in [0.05, 0.1) is 6.42 Å². The Morgan fingerprint density at radius 3 is 2.82 bits per heavy atom. The van der Waals surface area contributed by atoms with E-state index in [1.165, 1.54) is 0 Å². The molecule has 1 N–H and O–H groups in total. The molecule has 0 unspecified atom stereocenters. The number of hydrogen-bond donors (Lipinski definition) is 1. The van der Waals surface area contributed by atoms with Crippen molar-refractivity contribution in [3.05, 3.63) is 0 Å². The van der Waals surface area contributed by atoms with Gasteiger partial charge in [0.15, 0.2) is 0 Å². The standard InChI is InChI=1S/C9H15NO/c1-4-6-9(11)10-7-8(3)5-2/h1,8H,5-7H2,2-3H3,(H,10,11)/t8-/m1/s1. The van der Waals surface area contributed by atoms with Gasteiger partial charge in [0.2, 0.25) is 5.91 Å². The molecule has 0 aliphatic heterocycles. The third-order valence-electron chi connectivity index (χ3n) is 1.61. The van der Waals surface area contributed by atoms with Gasteiger partial charge in [0.25, 0.3) is 0 Å². The van der Waals surface area contributed by atoms with Crippen molar-refractivity contribution in [2.75, 3.05) is 6.54 Å². The molecule has 0 aliphatic carbocycles. The van der Waals surface area contributed by atoms with E-state index >= 15 is 0 Å². The number of nitrogens with one attached hydrogen (secondary N) is 1. The Morgan fingerprint density at radius 1 is 1.73 bits per heavy atom. The van der Waals surface area contributed by atoms with Crippen molar-refractivity contribution in [3.63, 3.8) is 0 Å². The fourth-order valence-corrected chi connectivity index (χ4v) is 0.588. The average molecular weight is 153 g/mol. The lowest BCUT2D eigenvalue weighted by atomic mass is 10.1. The molecular weight excluding hydrogens is 138 g/mol. The van der Waals surface area contributed by atoms with Gasteiger partial charge in [0.1, 0.15) is 0 Å². The molecule has 62 valence electrons. The van der Waals surface area contributed by atoms with E-state index in [0.29, 0.717) is 5.92 Å². The first-order chi connectivity index (χ1) is 5.20. The minimum absolute atomic E-state index is 0.0483. The van der Waals surface area contributed by atoms with Crippen LogP contribution in [0.1, 0.15) is 26.7 Å². The summed E-state index contributed by atoms with van der Waals surface area (Å²) in [6.07, 6.45) is 6.23. The minimum Gasteiger partial charge on any atom is -0.355 e. The third-order valence-corrected chi connectivity index (χ3v) is 1.61. The maximum Gasteiger partial charge on any atom is 0.232 e. The molecule has 0 fully saturated rings. The second-order valence-electron chi connectivity index (χ2n) is 2.70. The highest BCUT2D eigenvalue weighted by atomic mass is 16.1. The number of carbonyl (C=O) groups is 1. The van der Waals surface area contributed by atoms with E-state index in [1.807, 2.05) is 0 Å². The summed E-state index contributed by atoms with van der Waals surface area (Å²) in [6, 6.07) is 0. The average Bonchev–Trinajstić information content (AvgIpc) is 2.01. The van der Waals surface area contributed by atoms with Crippen LogP contribution in [-0.2, 0) is 4.79 Å². The van der Waals surface area contributed by atoms with Crippen LogP contribution in [0.15, 0.2) is 0 Å². The van der Waals surface area contributed by atoms with Gasteiger partial charge in [-0.1, -0.05) is 26.2 Å². The highest BCUT2D eigenvalue weighted by Gasteiger charge is 2.00. The molecule has 1 amide bonds. The van der Waals surface area contributed by atoms with E-state index in [2.05, 4.69) is 25.1 Å². The zero-order valence-corrected chi connectivity index (χ0v) is 7.18. The largest absolute Gasteiger partial charge is 0.355 e. The van der Waals surface area contributed by atoms with Crippen molar-refractivity contribution >= 4 is 5.91 Å². The van der Waals surface area contributed by atoms with Crippen molar-refractivity contribution in [2.24, 2.45) is 5.92 Å². The summed E-state index contributed by atoms with van der Waals surface area (Å²) in [6.45, 7) is 4.92. The van der Waals surface area contributed by atoms with Crippen LogP contribution in [0.3, 0.4) is 0 Å². The lowest BCUT2D eigenvalue weighted by Crippen LogP contribution is -2.27.